The Hall–Kier alpha value is -4.46. The molecule has 2 heterocycles. The monoisotopic (exact) mass is 472 g/mol. The first kappa shape index (κ1) is 23.7. The summed E-state index contributed by atoms with van der Waals surface area (Å²) in [5, 5.41) is 11.3. The molecule has 1 aliphatic rings. The summed E-state index contributed by atoms with van der Waals surface area (Å²) in [6.07, 6.45) is 2.21. The molecule has 0 saturated carbocycles. The number of carbonyl (C=O) groups excluding carboxylic acids is 3. The number of hydrogen-bond donors (Lipinski definition) is 1. The van der Waals surface area contributed by atoms with Crippen LogP contribution in [0, 0.1) is 0 Å². The summed E-state index contributed by atoms with van der Waals surface area (Å²) in [6.45, 7) is 2.15. The first-order valence-corrected chi connectivity index (χ1v) is 11.1. The van der Waals surface area contributed by atoms with Gasteiger partial charge < -0.3 is 14.6 Å². The SMILES string of the molecule is CCCOC(=O)c1cccc(N2C(=O)C(=O)/C(=C(/O)c3ccccc3OC)C2c2ccccn2)c1. The first-order chi connectivity index (χ1) is 17.0. The maximum atomic E-state index is 13.3. The number of rotatable bonds is 7. The summed E-state index contributed by atoms with van der Waals surface area (Å²) in [4.78, 5) is 44.6. The second-order valence-corrected chi connectivity index (χ2v) is 7.81. The Kier molecular flexibility index (Phi) is 6.91. The molecule has 8 heteroatoms. The molecule has 4 rings (SSSR count). The van der Waals surface area contributed by atoms with Gasteiger partial charge >= 0.3 is 5.97 Å². The Bertz CT molecular complexity index is 1300. The Morgan fingerprint density at radius 2 is 1.83 bits per heavy atom. The molecular weight excluding hydrogens is 448 g/mol. The molecule has 35 heavy (non-hydrogen) atoms. The van der Waals surface area contributed by atoms with E-state index in [2.05, 4.69) is 4.98 Å². The molecule has 0 spiro atoms. The van der Waals surface area contributed by atoms with Crippen molar-refractivity contribution in [2.75, 3.05) is 18.6 Å². The summed E-state index contributed by atoms with van der Waals surface area (Å²) in [5.41, 5.74) is 1.06. The third-order valence-electron chi connectivity index (χ3n) is 5.57. The van der Waals surface area contributed by atoms with Crippen LogP contribution in [0.5, 0.6) is 5.75 Å². The van der Waals surface area contributed by atoms with Crippen molar-refractivity contribution >= 4 is 29.1 Å². The van der Waals surface area contributed by atoms with Gasteiger partial charge in [-0.15, -0.1) is 0 Å². The van der Waals surface area contributed by atoms with Crippen molar-refractivity contribution in [3.63, 3.8) is 0 Å². The number of nitrogens with zero attached hydrogens (tertiary/aromatic N) is 2. The van der Waals surface area contributed by atoms with Crippen molar-refractivity contribution in [3.8, 4) is 5.75 Å². The second kappa shape index (κ2) is 10.2. The number of carbonyl (C=O) groups is 3. The van der Waals surface area contributed by atoms with Crippen molar-refractivity contribution in [1.82, 2.24) is 4.98 Å². The predicted molar refractivity (Wildman–Crippen MR) is 129 cm³/mol. The molecule has 1 N–H and O–H groups in total. The fourth-order valence-corrected chi connectivity index (χ4v) is 3.96. The van der Waals surface area contributed by atoms with Gasteiger partial charge in [0.1, 0.15) is 17.6 Å². The molecule has 0 bridgehead atoms. The maximum absolute atomic E-state index is 13.3. The number of ketones is 1. The van der Waals surface area contributed by atoms with Crippen LogP contribution in [0.15, 0.2) is 78.5 Å². The van der Waals surface area contributed by atoms with Gasteiger partial charge in [-0.25, -0.2) is 4.79 Å². The number of benzene rings is 2. The van der Waals surface area contributed by atoms with Crippen LogP contribution in [0.2, 0.25) is 0 Å². The Morgan fingerprint density at radius 3 is 2.54 bits per heavy atom. The molecule has 8 nitrogen and oxygen atoms in total. The Balaban J connectivity index is 1.88. The molecule has 0 aliphatic carbocycles. The topological polar surface area (TPSA) is 106 Å². The number of amides is 1. The highest BCUT2D eigenvalue weighted by Crippen LogP contribution is 2.42. The normalized spacial score (nSPS) is 16.9. The van der Waals surface area contributed by atoms with Crippen LogP contribution in [0.1, 0.15) is 41.0 Å². The lowest BCUT2D eigenvalue weighted by atomic mass is 9.97. The minimum atomic E-state index is -1.02. The third kappa shape index (κ3) is 4.50. The zero-order chi connectivity index (χ0) is 24.9. The van der Waals surface area contributed by atoms with E-state index in [4.69, 9.17) is 9.47 Å². The molecule has 1 unspecified atom stereocenters. The summed E-state index contributed by atoms with van der Waals surface area (Å²) in [7, 11) is 1.45. The number of para-hydroxylation sites is 1. The van der Waals surface area contributed by atoms with Crippen LogP contribution < -0.4 is 9.64 Å². The molecule has 1 saturated heterocycles. The fourth-order valence-electron chi connectivity index (χ4n) is 3.96. The number of aromatic nitrogens is 1. The van der Waals surface area contributed by atoms with Gasteiger partial charge in [0.25, 0.3) is 11.7 Å². The van der Waals surface area contributed by atoms with Crippen LogP contribution in [0.3, 0.4) is 0 Å². The van der Waals surface area contributed by atoms with E-state index in [9.17, 15) is 19.5 Å². The van der Waals surface area contributed by atoms with Crippen LogP contribution in [-0.2, 0) is 14.3 Å². The average Bonchev–Trinajstić information content (AvgIpc) is 3.17. The number of esters is 1. The van der Waals surface area contributed by atoms with Gasteiger partial charge in [-0.1, -0.05) is 31.2 Å². The number of aliphatic hydroxyl groups excluding tert-OH is 1. The van der Waals surface area contributed by atoms with Gasteiger partial charge in [0, 0.05) is 11.9 Å². The molecule has 2 aromatic carbocycles. The smallest absolute Gasteiger partial charge is 0.338 e. The number of methoxy groups -OCH3 is 1. The van der Waals surface area contributed by atoms with E-state index in [1.54, 1.807) is 60.7 Å². The first-order valence-electron chi connectivity index (χ1n) is 11.1. The van der Waals surface area contributed by atoms with Crippen molar-refractivity contribution in [1.29, 1.82) is 0 Å². The van der Waals surface area contributed by atoms with Gasteiger partial charge in [0.05, 0.1) is 36.1 Å². The van der Waals surface area contributed by atoms with E-state index in [1.165, 1.54) is 24.3 Å². The Morgan fingerprint density at radius 1 is 1.06 bits per heavy atom. The van der Waals surface area contributed by atoms with E-state index in [0.29, 0.717) is 23.6 Å². The highest BCUT2D eigenvalue weighted by molar-refractivity contribution is 6.51. The van der Waals surface area contributed by atoms with Crippen LogP contribution in [0.25, 0.3) is 5.76 Å². The van der Waals surface area contributed by atoms with Gasteiger partial charge in [-0.05, 0) is 48.9 Å². The summed E-state index contributed by atoms with van der Waals surface area (Å²) >= 11 is 0. The number of aliphatic hydroxyl groups is 1. The largest absolute Gasteiger partial charge is 0.507 e. The summed E-state index contributed by atoms with van der Waals surface area (Å²) in [5.74, 6) is -2.29. The molecule has 178 valence electrons. The minimum absolute atomic E-state index is 0.128. The lowest BCUT2D eigenvalue weighted by molar-refractivity contribution is -0.132. The van der Waals surface area contributed by atoms with Gasteiger partial charge in [0.2, 0.25) is 0 Å². The zero-order valence-electron chi connectivity index (χ0n) is 19.3. The predicted octanol–water partition coefficient (Wildman–Crippen LogP) is 4.28. The fraction of sp³-hybridized carbons (Fsp3) is 0.185. The lowest BCUT2D eigenvalue weighted by Gasteiger charge is -2.25. The van der Waals surface area contributed by atoms with E-state index in [-0.39, 0.29) is 29.1 Å². The van der Waals surface area contributed by atoms with Crippen molar-refractivity contribution < 1.29 is 29.0 Å². The average molecular weight is 472 g/mol. The summed E-state index contributed by atoms with van der Waals surface area (Å²) < 4.78 is 10.6. The third-order valence-corrected chi connectivity index (χ3v) is 5.57. The lowest BCUT2D eigenvalue weighted by Crippen LogP contribution is -2.30. The van der Waals surface area contributed by atoms with Crippen molar-refractivity contribution in [2.45, 2.75) is 19.4 Å². The van der Waals surface area contributed by atoms with E-state index < -0.39 is 23.7 Å². The van der Waals surface area contributed by atoms with Gasteiger partial charge in [-0.3, -0.25) is 19.5 Å². The van der Waals surface area contributed by atoms with Crippen LogP contribution in [-0.4, -0.2) is 41.5 Å². The van der Waals surface area contributed by atoms with Crippen molar-refractivity contribution in [2.24, 2.45) is 0 Å². The molecule has 3 aromatic rings. The quantitative estimate of drug-likeness (QED) is 0.237. The number of Topliss-reactive ketones (excluding diaryl/α,β-unsaturated/α-hetero) is 1. The minimum Gasteiger partial charge on any atom is -0.507 e. The molecule has 1 aliphatic heterocycles. The van der Waals surface area contributed by atoms with E-state index in [0.717, 1.165) is 0 Å². The van der Waals surface area contributed by atoms with Crippen LogP contribution in [0.4, 0.5) is 5.69 Å². The van der Waals surface area contributed by atoms with Crippen LogP contribution >= 0.6 is 0 Å². The van der Waals surface area contributed by atoms with Crippen molar-refractivity contribution in [3.05, 3.63) is 95.3 Å². The molecule has 1 aromatic heterocycles. The zero-order valence-corrected chi connectivity index (χ0v) is 19.3. The standard InChI is InChI=1S/C27H24N2O6/c1-3-15-35-27(33)17-9-8-10-18(16-17)29-23(20-12-6-7-14-28-20)22(25(31)26(29)32)24(30)19-11-4-5-13-21(19)34-2/h4-14,16,23,30H,3,15H2,1-2H3/b24-22+. The molecule has 1 fully saturated rings. The second-order valence-electron chi connectivity index (χ2n) is 7.81. The van der Waals surface area contributed by atoms with E-state index >= 15 is 0 Å². The number of anilines is 1. The number of hydrogen-bond acceptors (Lipinski definition) is 7. The molecule has 1 amide bonds. The maximum Gasteiger partial charge on any atom is 0.338 e. The highest BCUT2D eigenvalue weighted by atomic mass is 16.5. The van der Waals surface area contributed by atoms with E-state index in [1.807, 2.05) is 6.92 Å². The molecule has 1 atom stereocenters. The molecular formula is C27H24N2O6. The number of ether oxygens (including phenoxy) is 2. The number of pyridine rings is 1. The van der Waals surface area contributed by atoms with Gasteiger partial charge in [0.15, 0.2) is 0 Å². The summed E-state index contributed by atoms with van der Waals surface area (Å²) in [6, 6.07) is 17.0. The van der Waals surface area contributed by atoms with Gasteiger partial charge in [-0.2, -0.15) is 0 Å². The highest BCUT2D eigenvalue weighted by Gasteiger charge is 2.48. The molecule has 0 radical (unpaired) electrons. The Labute approximate surface area is 202 Å².